The fourth-order valence-corrected chi connectivity index (χ4v) is 2.27. The molecule has 0 unspecified atom stereocenters. The number of hydrogen-bond donors (Lipinski definition) is 4. The molecule has 9 heteroatoms. The van der Waals surface area contributed by atoms with Crippen molar-refractivity contribution in [3.8, 4) is 0 Å². The Morgan fingerprint density at radius 2 is 2.20 bits per heavy atom. The smallest absolute Gasteiger partial charge is 0.351 e. The van der Waals surface area contributed by atoms with Gasteiger partial charge in [-0.2, -0.15) is 4.98 Å². The first-order valence-corrected chi connectivity index (χ1v) is 6.69. The van der Waals surface area contributed by atoms with Gasteiger partial charge in [-0.05, 0) is 11.1 Å². The van der Waals surface area contributed by atoms with Crippen molar-refractivity contribution < 1.29 is 20.1 Å². The van der Waals surface area contributed by atoms with Gasteiger partial charge in [-0.15, -0.1) is 0 Å². The van der Waals surface area contributed by atoms with Gasteiger partial charge in [-0.3, -0.25) is 4.57 Å². The molecule has 8 nitrogen and oxygen atoms in total. The molecule has 0 spiro atoms. The van der Waals surface area contributed by atoms with Crippen LogP contribution in [0, 0.1) is 0 Å². The molecule has 0 aromatic carbocycles. The monoisotopic (exact) mass is 347 g/mol. The van der Waals surface area contributed by atoms with Gasteiger partial charge in [0.05, 0.1) is 6.61 Å². The lowest BCUT2D eigenvalue weighted by Crippen LogP contribution is -2.36. The number of aliphatic hydroxyl groups excluding tert-OH is 3. The molecule has 1 fully saturated rings. The van der Waals surface area contributed by atoms with Crippen LogP contribution in [0.4, 0.5) is 5.82 Å². The molecule has 4 atom stereocenters. The van der Waals surface area contributed by atoms with Gasteiger partial charge in [0.15, 0.2) is 6.23 Å². The summed E-state index contributed by atoms with van der Waals surface area (Å²) < 4.78 is 6.30. The minimum atomic E-state index is -1.35. The van der Waals surface area contributed by atoms with Crippen molar-refractivity contribution in [2.45, 2.75) is 24.5 Å². The maximum Gasteiger partial charge on any atom is 0.351 e. The second kappa shape index (κ2) is 6.02. The third kappa shape index (κ3) is 2.63. The molecule has 0 amide bonds. The van der Waals surface area contributed by atoms with Crippen LogP contribution >= 0.6 is 15.9 Å². The Hall–Kier alpha value is -1.26. The summed E-state index contributed by atoms with van der Waals surface area (Å²) in [6.45, 7) is -0.472. The highest BCUT2D eigenvalue weighted by Gasteiger charge is 2.43. The molecule has 2 rings (SSSR count). The summed E-state index contributed by atoms with van der Waals surface area (Å²) in [6.07, 6.45) is -1.80. The molecule has 0 bridgehead atoms. The lowest BCUT2D eigenvalue weighted by atomic mass is 10.1. The largest absolute Gasteiger partial charge is 0.394 e. The van der Waals surface area contributed by atoms with Crippen molar-refractivity contribution in [3.05, 3.63) is 27.2 Å². The minimum Gasteiger partial charge on any atom is -0.394 e. The van der Waals surface area contributed by atoms with Crippen LogP contribution in [0.3, 0.4) is 0 Å². The van der Waals surface area contributed by atoms with Crippen molar-refractivity contribution in [2.24, 2.45) is 0 Å². The number of nitrogens with zero attached hydrogens (tertiary/aromatic N) is 2. The fraction of sp³-hybridized carbons (Fsp3) is 0.455. The average Bonchev–Trinajstić information content (AvgIpc) is 2.70. The lowest BCUT2D eigenvalue weighted by Gasteiger charge is -2.18. The van der Waals surface area contributed by atoms with Crippen molar-refractivity contribution in [3.63, 3.8) is 0 Å². The molecule has 0 saturated carbocycles. The van der Waals surface area contributed by atoms with Crippen molar-refractivity contribution in [1.29, 1.82) is 0 Å². The maximum absolute atomic E-state index is 11.8. The summed E-state index contributed by atoms with van der Waals surface area (Å²) >= 11 is 3.08. The number of ether oxygens (including phenoxy) is 1. The van der Waals surface area contributed by atoms with Gasteiger partial charge in [-0.25, -0.2) is 4.79 Å². The van der Waals surface area contributed by atoms with Gasteiger partial charge in [0, 0.05) is 11.8 Å². The number of nitrogen functional groups attached to an aromatic ring is 1. The highest BCUT2D eigenvalue weighted by atomic mass is 79.9. The summed E-state index contributed by atoms with van der Waals surface area (Å²) in [5.74, 6) is 0.0358. The highest BCUT2D eigenvalue weighted by Crippen LogP contribution is 2.28. The van der Waals surface area contributed by atoms with Gasteiger partial charge in [0.1, 0.15) is 24.1 Å². The first-order valence-electron chi connectivity index (χ1n) is 5.77. The first kappa shape index (κ1) is 15.1. The minimum absolute atomic E-state index is 0.0358. The highest BCUT2D eigenvalue weighted by molar-refractivity contribution is 9.11. The van der Waals surface area contributed by atoms with E-state index in [4.69, 9.17) is 15.6 Å². The van der Waals surface area contributed by atoms with E-state index in [2.05, 4.69) is 20.9 Å². The fourth-order valence-electron chi connectivity index (χ4n) is 1.98. The van der Waals surface area contributed by atoms with Crippen LogP contribution in [-0.2, 0) is 4.74 Å². The zero-order valence-corrected chi connectivity index (χ0v) is 11.8. The maximum atomic E-state index is 11.8. The molecule has 1 aliphatic heterocycles. The summed E-state index contributed by atoms with van der Waals surface area (Å²) in [7, 11) is 0. The molecule has 1 aromatic rings. The number of rotatable bonds is 3. The van der Waals surface area contributed by atoms with E-state index in [1.165, 1.54) is 11.2 Å². The molecular weight excluding hydrogens is 334 g/mol. The summed E-state index contributed by atoms with van der Waals surface area (Å²) in [5.41, 5.74) is 5.33. The molecule has 0 aliphatic carbocycles. The van der Waals surface area contributed by atoms with Crippen molar-refractivity contribution in [2.75, 3.05) is 12.3 Å². The molecule has 0 radical (unpaired) electrons. The van der Waals surface area contributed by atoms with Crippen LogP contribution in [0.5, 0.6) is 0 Å². The number of halogens is 1. The normalized spacial score (nSPS) is 30.2. The van der Waals surface area contributed by atoms with E-state index in [1.54, 1.807) is 6.08 Å². The Bertz CT molecular complexity index is 576. The molecule has 5 N–H and O–H groups in total. The van der Waals surface area contributed by atoms with E-state index >= 15 is 0 Å². The Kier molecular flexibility index (Phi) is 4.55. The lowest BCUT2D eigenvalue weighted by molar-refractivity contribution is -0.0549. The van der Waals surface area contributed by atoms with Crippen LogP contribution in [0.1, 0.15) is 11.8 Å². The zero-order chi connectivity index (χ0) is 14.9. The Balaban J connectivity index is 2.43. The number of nitrogens with two attached hydrogens (primary N) is 1. The molecule has 1 aliphatic rings. The number of aliphatic hydroxyl groups is 3. The summed E-state index contributed by atoms with van der Waals surface area (Å²) in [4.78, 5) is 17.0. The second-order valence-corrected chi connectivity index (χ2v) is 4.82. The molecule has 1 aromatic heterocycles. The number of aromatic nitrogens is 2. The number of hydrogen-bond acceptors (Lipinski definition) is 7. The predicted molar refractivity (Wildman–Crippen MR) is 73.9 cm³/mol. The Labute approximate surface area is 122 Å². The molecular formula is C11H14BrN3O5. The average molecular weight is 348 g/mol. The van der Waals surface area contributed by atoms with Gasteiger partial charge >= 0.3 is 5.69 Å². The van der Waals surface area contributed by atoms with Crippen LogP contribution in [-0.4, -0.2) is 49.8 Å². The van der Waals surface area contributed by atoms with E-state index in [1.807, 2.05) is 0 Å². The Morgan fingerprint density at radius 1 is 1.50 bits per heavy atom. The third-order valence-corrected chi connectivity index (χ3v) is 3.31. The third-order valence-electron chi connectivity index (χ3n) is 3.04. The van der Waals surface area contributed by atoms with Crippen LogP contribution in [0.25, 0.3) is 6.08 Å². The molecule has 1 saturated heterocycles. The molecule has 110 valence electrons. The van der Waals surface area contributed by atoms with Gasteiger partial charge in [-0.1, -0.05) is 15.9 Å². The standard InChI is InChI=1S/C11H14BrN3O5/c12-2-1-5-3-15(11(19)14-9(5)13)10-8(18)7(17)6(4-16)20-10/h1-3,6-8,10,16-18H,4H2,(H2,13,14,19)/t6-,7+,8-,10-/m1/s1. The van der Waals surface area contributed by atoms with Crippen molar-refractivity contribution >= 4 is 27.8 Å². The van der Waals surface area contributed by atoms with Gasteiger partial charge < -0.3 is 25.8 Å². The topological polar surface area (TPSA) is 131 Å². The summed E-state index contributed by atoms with van der Waals surface area (Å²) in [5, 5.41) is 28.6. The van der Waals surface area contributed by atoms with Gasteiger partial charge in [0.2, 0.25) is 0 Å². The van der Waals surface area contributed by atoms with Crippen LogP contribution in [0.15, 0.2) is 16.0 Å². The first-order chi connectivity index (χ1) is 9.49. The van der Waals surface area contributed by atoms with E-state index < -0.39 is 36.8 Å². The van der Waals surface area contributed by atoms with E-state index in [9.17, 15) is 15.0 Å². The zero-order valence-electron chi connectivity index (χ0n) is 10.3. The second-order valence-electron chi connectivity index (χ2n) is 4.29. The quantitative estimate of drug-likeness (QED) is 0.540. The molecule has 20 heavy (non-hydrogen) atoms. The predicted octanol–water partition coefficient (Wildman–Crippen LogP) is -1.20. The van der Waals surface area contributed by atoms with Crippen molar-refractivity contribution in [1.82, 2.24) is 9.55 Å². The molecule has 2 heterocycles. The number of anilines is 1. The SMILES string of the molecule is Nc1nc(=O)n([C@@H]2O[C@H](CO)[C@H](O)[C@H]2O)cc1C=CBr. The van der Waals surface area contributed by atoms with Gasteiger partial charge in [0.25, 0.3) is 0 Å². The van der Waals surface area contributed by atoms with E-state index in [0.717, 1.165) is 4.57 Å². The van der Waals surface area contributed by atoms with Crippen LogP contribution < -0.4 is 11.4 Å². The Morgan fingerprint density at radius 3 is 2.75 bits per heavy atom. The van der Waals surface area contributed by atoms with Crippen LogP contribution in [0.2, 0.25) is 0 Å². The van der Waals surface area contributed by atoms with E-state index in [-0.39, 0.29) is 5.82 Å². The summed E-state index contributed by atoms with van der Waals surface area (Å²) in [6, 6.07) is 0. The van der Waals surface area contributed by atoms with E-state index in [0.29, 0.717) is 5.56 Å².